The van der Waals surface area contributed by atoms with Gasteiger partial charge in [0.05, 0.1) is 25.4 Å². The summed E-state index contributed by atoms with van der Waals surface area (Å²) in [6.07, 6.45) is 5.22. The van der Waals surface area contributed by atoms with Gasteiger partial charge in [0.25, 0.3) is 0 Å². The van der Waals surface area contributed by atoms with Crippen molar-refractivity contribution < 1.29 is 9.47 Å². The van der Waals surface area contributed by atoms with Gasteiger partial charge in [-0.1, -0.05) is 12.8 Å². The standard InChI is InChI=1S/C13H26O2S/c1-12(2,3)15-9-8-14-10-13(11-16)6-4-5-7-13/h16H,4-11H2,1-3H3. The molecule has 0 saturated heterocycles. The summed E-state index contributed by atoms with van der Waals surface area (Å²) in [5.74, 6) is 0.952. The average molecular weight is 246 g/mol. The van der Waals surface area contributed by atoms with Gasteiger partial charge in [-0.15, -0.1) is 0 Å². The zero-order valence-corrected chi connectivity index (χ0v) is 11.8. The van der Waals surface area contributed by atoms with Crippen molar-refractivity contribution >= 4 is 12.6 Å². The number of rotatable bonds is 6. The molecule has 16 heavy (non-hydrogen) atoms. The van der Waals surface area contributed by atoms with Gasteiger partial charge in [-0.25, -0.2) is 0 Å². The van der Waals surface area contributed by atoms with Gasteiger partial charge in [-0.3, -0.25) is 0 Å². The first kappa shape index (κ1) is 14.3. The maximum atomic E-state index is 5.73. The van der Waals surface area contributed by atoms with E-state index in [2.05, 4.69) is 33.4 Å². The molecule has 3 heteroatoms. The third kappa shape index (κ3) is 5.07. The van der Waals surface area contributed by atoms with Crippen LogP contribution in [0.2, 0.25) is 0 Å². The van der Waals surface area contributed by atoms with E-state index in [-0.39, 0.29) is 5.60 Å². The lowest BCUT2D eigenvalue weighted by Gasteiger charge is -2.27. The molecule has 0 radical (unpaired) electrons. The van der Waals surface area contributed by atoms with Gasteiger partial charge >= 0.3 is 0 Å². The van der Waals surface area contributed by atoms with E-state index in [1.807, 2.05) is 0 Å². The highest BCUT2D eigenvalue weighted by Crippen LogP contribution is 2.39. The van der Waals surface area contributed by atoms with Gasteiger partial charge in [0.2, 0.25) is 0 Å². The third-order valence-corrected chi connectivity index (χ3v) is 3.84. The second-order valence-corrected chi connectivity index (χ2v) is 6.19. The van der Waals surface area contributed by atoms with Gasteiger partial charge in [0.1, 0.15) is 0 Å². The summed E-state index contributed by atoms with van der Waals surface area (Å²) >= 11 is 4.46. The molecule has 0 aromatic rings. The van der Waals surface area contributed by atoms with Crippen LogP contribution in [0.5, 0.6) is 0 Å². The first-order valence-corrected chi connectivity index (χ1v) is 6.93. The smallest absolute Gasteiger partial charge is 0.0707 e. The summed E-state index contributed by atoms with van der Waals surface area (Å²) in [7, 11) is 0. The van der Waals surface area contributed by atoms with Gasteiger partial charge in [0, 0.05) is 5.41 Å². The highest BCUT2D eigenvalue weighted by atomic mass is 32.1. The van der Waals surface area contributed by atoms with Gasteiger partial charge in [-0.2, -0.15) is 12.6 Å². The Labute approximate surface area is 105 Å². The van der Waals surface area contributed by atoms with Gasteiger partial charge < -0.3 is 9.47 Å². The molecule has 0 aromatic heterocycles. The van der Waals surface area contributed by atoms with Crippen LogP contribution in [0.3, 0.4) is 0 Å². The second-order valence-electron chi connectivity index (χ2n) is 5.88. The van der Waals surface area contributed by atoms with Gasteiger partial charge in [0.15, 0.2) is 0 Å². The molecule has 2 nitrogen and oxygen atoms in total. The molecule has 0 unspecified atom stereocenters. The normalized spacial score (nSPS) is 20.2. The van der Waals surface area contributed by atoms with E-state index in [1.54, 1.807) is 0 Å². The third-order valence-electron chi connectivity index (χ3n) is 3.17. The monoisotopic (exact) mass is 246 g/mol. The van der Waals surface area contributed by atoms with E-state index in [1.165, 1.54) is 25.7 Å². The molecule has 1 fully saturated rings. The summed E-state index contributed by atoms with van der Waals surface area (Å²) in [5, 5.41) is 0. The molecule has 0 aliphatic heterocycles. The predicted octanol–water partition coefficient (Wildman–Crippen LogP) is 3.31. The Morgan fingerprint density at radius 1 is 1.12 bits per heavy atom. The first-order chi connectivity index (χ1) is 7.47. The Hall–Kier alpha value is 0.270. The fraction of sp³-hybridized carbons (Fsp3) is 1.00. The molecule has 0 spiro atoms. The average Bonchev–Trinajstić information content (AvgIpc) is 2.65. The largest absolute Gasteiger partial charge is 0.378 e. The Morgan fingerprint density at radius 3 is 2.25 bits per heavy atom. The molecule has 1 aliphatic carbocycles. The molecule has 0 bridgehead atoms. The van der Waals surface area contributed by atoms with Crippen molar-refractivity contribution in [1.82, 2.24) is 0 Å². The summed E-state index contributed by atoms with van der Waals surface area (Å²) < 4.78 is 11.3. The molecule has 0 atom stereocenters. The van der Waals surface area contributed by atoms with Crippen molar-refractivity contribution in [3.63, 3.8) is 0 Å². The molecular formula is C13H26O2S. The van der Waals surface area contributed by atoms with Gasteiger partial charge in [-0.05, 0) is 39.4 Å². The van der Waals surface area contributed by atoms with E-state index in [4.69, 9.17) is 9.47 Å². The van der Waals surface area contributed by atoms with Crippen molar-refractivity contribution in [3.05, 3.63) is 0 Å². The maximum Gasteiger partial charge on any atom is 0.0707 e. The van der Waals surface area contributed by atoms with Crippen LogP contribution in [-0.2, 0) is 9.47 Å². The van der Waals surface area contributed by atoms with E-state index in [9.17, 15) is 0 Å². The highest BCUT2D eigenvalue weighted by molar-refractivity contribution is 7.80. The predicted molar refractivity (Wildman–Crippen MR) is 71.3 cm³/mol. The fourth-order valence-electron chi connectivity index (χ4n) is 2.17. The highest BCUT2D eigenvalue weighted by Gasteiger charge is 2.32. The molecule has 96 valence electrons. The number of hydrogen-bond acceptors (Lipinski definition) is 3. The molecule has 1 aliphatic rings. The van der Waals surface area contributed by atoms with Crippen LogP contribution in [0.25, 0.3) is 0 Å². The van der Waals surface area contributed by atoms with Crippen molar-refractivity contribution in [1.29, 1.82) is 0 Å². The lowest BCUT2D eigenvalue weighted by Crippen LogP contribution is -2.27. The zero-order chi connectivity index (χ0) is 12.1. The molecule has 0 N–H and O–H groups in total. The molecule has 1 saturated carbocycles. The molecular weight excluding hydrogens is 220 g/mol. The molecule has 0 aromatic carbocycles. The lowest BCUT2D eigenvalue weighted by molar-refractivity contribution is -0.0458. The molecule has 0 heterocycles. The summed E-state index contributed by atoms with van der Waals surface area (Å²) in [5.41, 5.74) is 0.294. The summed E-state index contributed by atoms with van der Waals surface area (Å²) in [4.78, 5) is 0. The fourth-order valence-corrected chi connectivity index (χ4v) is 2.58. The molecule has 1 rings (SSSR count). The Balaban J connectivity index is 2.10. The Morgan fingerprint density at radius 2 is 1.75 bits per heavy atom. The molecule has 0 amide bonds. The number of ether oxygens (including phenoxy) is 2. The minimum atomic E-state index is -0.0576. The van der Waals surface area contributed by atoms with E-state index in [0.717, 1.165) is 12.4 Å². The first-order valence-electron chi connectivity index (χ1n) is 6.30. The van der Waals surface area contributed by atoms with Crippen LogP contribution in [-0.4, -0.2) is 31.2 Å². The number of thiol groups is 1. The van der Waals surface area contributed by atoms with Crippen molar-refractivity contribution in [3.8, 4) is 0 Å². The van der Waals surface area contributed by atoms with Crippen LogP contribution < -0.4 is 0 Å². The van der Waals surface area contributed by atoms with E-state index in [0.29, 0.717) is 18.6 Å². The van der Waals surface area contributed by atoms with E-state index < -0.39 is 0 Å². The van der Waals surface area contributed by atoms with Crippen LogP contribution in [0, 0.1) is 5.41 Å². The van der Waals surface area contributed by atoms with Crippen LogP contribution in [0.15, 0.2) is 0 Å². The zero-order valence-electron chi connectivity index (χ0n) is 10.9. The minimum absolute atomic E-state index is 0.0576. The lowest BCUT2D eigenvalue weighted by atomic mass is 9.90. The minimum Gasteiger partial charge on any atom is -0.378 e. The Bertz CT molecular complexity index is 193. The van der Waals surface area contributed by atoms with Crippen molar-refractivity contribution in [2.75, 3.05) is 25.6 Å². The Kier molecular flexibility index (Phi) is 5.62. The van der Waals surface area contributed by atoms with Crippen molar-refractivity contribution in [2.45, 2.75) is 52.1 Å². The topological polar surface area (TPSA) is 18.5 Å². The van der Waals surface area contributed by atoms with Crippen LogP contribution in [0.4, 0.5) is 0 Å². The SMILES string of the molecule is CC(C)(C)OCCOCC1(CS)CCCC1. The quantitative estimate of drug-likeness (QED) is 0.572. The van der Waals surface area contributed by atoms with Crippen LogP contribution >= 0.6 is 12.6 Å². The number of hydrogen-bond donors (Lipinski definition) is 1. The van der Waals surface area contributed by atoms with E-state index >= 15 is 0 Å². The summed E-state index contributed by atoms with van der Waals surface area (Å²) in [6, 6.07) is 0. The van der Waals surface area contributed by atoms with Crippen LogP contribution in [0.1, 0.15) is 46.5 Å². The maximum absolute atomic E-state index is 5.73. The van der Waals surface area contributed by atoms with Crippen molar-refractivity contribution in [2.24, 2.45) is 5.41 Å². The second kappa shape index (κ2) is 6.27. The summed E-state index contributed by atoms with van der Waals surface area (Å²) in [6.45, 7) is 8.44.